The first kappa shape index (κ1) is 30.9. The zero-order valence-electron chi connectivity index (χ0n) is 24.3. The molecule has 0 saturated carbocycles. The van der Waals surface area contributed by atoms with Crippen LogP contribution in [0, 0.1) is 0 Å². The van der Waals surface area contributed by atoms with Crippen LogP contribution >= 0.6 is 12.2 Å². The Morgan fingerprint density at radius 3 is 1.33 bits per heavy atom. The third-order valence-electron chi connectivity index (χ3n) is 7.49. The standard InChI is InChI=1S/C36H50N2S/c1-2-3-4-5-6-7-8-9-10-11-12-13-14-24-31-37(32-33-25-18-15-19-26-33)36(39)38(34-27-20-16-21-28-34)35-29-22-17-23-30-35/h15-23,25-30H,2-14,24,31-32H2,1H3. The maximum atomic E-state index is 6.21. The molecule has 210 valence electrons. The van der Waals surface area contributed by atoms with Crippen LogP contribution in [0.25, 0.3) is 0 Å². The maximum Gasteiger partial charge on any atom is 0.181 e. The van der Waals surface area contributed by atoms with Crippen molar-refractivity contribution in [2.24, 2.45) is 0 Å². The molecule has 0 saturated heterocycles. The highest BCUT2D eigenvalue weighted by atomic mass is 32.1. The van der Waals surface area contributed by atoms with Crippen LogP contribution < -0.4 is 4.90 Å². The third-order valence-corrected chi connectivity index (χ3v) is 7.93. The molecule has 39 heavy (non-hydrogen) atoms. The molecule has 0 aliphatic heterocycles. The fourth-order valence-corrected chi connectivity index (χ4v) is 5.58. The van der Waals surface area contributed by atoms with Crippen molar-refractivity contribution in [3.63, 3.8) is 0 Å². The lowest BCUT2D eigenvalue weighted by atomic mass is 10.0. The number of nitrogens with zero attached hydrogens (tertiary/aromatic N) is 2. The van der Waals surface area contributed by atoms with Crippen LogP contribution in [0.1, 0.15) is 102 Å². The third kappa shape index (κ3) is 12.0. The van der Waals surface area contributed by atoms with Gasteiger partial charge < -0.3 is 4.90 Å². The highest BCUT2D eigenvalue weighted by Gasteiger charge is 2.20. The Morgan fingerprint density at radius 1 is 0.513 bits per heavy atom. The summed E-state index contributed by atoms with van der Waals surface area (Å²) < 4.78 is 0. The Labute approximate surface area is 244 Å². The van der Waals surface area contributed by atoms with Crippen molar-refractivity contribution in [2.75, 3.05) is 11.4 Å². The summed E-state index contributed by atoms with van der Waals surface area (Å²) in [5, 5.41) is 0.867. The molecule has 0 aliphatic carbocycles. The Bertz CT molecular complexity index is 966. The lowest BCUT2D eigenvalue weighted by molar-refractivity contribution is 0.395. The monoisotopic (exact) mass is 542 g/mol. The van der Waals surface area contributed by atoms with Crippen LogP contribution in [0.5, 0.6) is 0 Å². The molecule has 0 radical (unpaired) electrons. The van der Waals surface area contributed by atoms with Gasteiger partial charge in [0.1, 0.15) is 0 Å². The fraction of sp³-hybridized carbons (Fsp3) is 0.472. The smallest absolute Gasteiger partial charge is 0.181 e. The molecule has 0 aromatic heterocycles. The first-order valence-corrected chi connectivity index (χ1v) is 15.9. The lowest BCUT2D eigenvalue weighted by Crippen LogP contribution is -2.41. The number of hydrogen-bond acceptors (Lipinski definition) is 1. The molecule has 0 spiro atoms. The topological polar surface area (TPSA) is 6.48 Å². The minimum absolute atomic E-state index is 0.828. The minimum atomic E-state index is 0.828. The molecular formula is C36H50N2S. The SMILES string of the molecule is CCCCCCCCCCCCCCCCN(Cc1ccccc1)C(=S)N(c1ccccc1)c1ccccc1. The van der Waals surface area contributed by atoms with Crippen molar-refractivity contribution < 1.29 is 0 Å². The van der Waals surface area contributed by atoms with Crippen molar-refractivity contribution in [1.82, 2.24) is 4.90 Å². The second-order valence-electron chi connectivity index (χ2n) is 10.8. The number of anilines is 2. The van der Waals surface area contributed by atoms with Gasteiger partial charge in [-0.2, -0.15) is 0 Å². The van der Waals surface area contributed by atoms with Crippen molar-refractivity contribution >= 4 is 28.7 Å². The highest BCUT2D eigenvalue weighted by Crippen LogP contribution is 2.27. The van der Waals surface area contributed by atoms with Gasteiger partial charge in [0.05, 0.1) is 0 Å². The first-order chi connectivity index (χ1) is 19.3. The Balaban J connectivity index is 1.48. The average molecular weight is 543 g/mol. The van der Waals surface area contributed by atoms with Gasteiger partial charge in [0.15, 0.2) is 5.11 Å². The molecule has 0 amide bonds. The van der Waals surface area contributed by atoms with Gasteiger partial charge in [0, 0.05) is 24.5 Å². The Kier molecular flexibility index (Phi) is 15.4. The van der Waals surface area contributed by atoms with Gasteiger partial charge in [-0.05, 0) is 48.5 Å². The van der Waals surface area contributed by atoms with Crippen LogP contribution in [0.4, 0.5) is 11.4 Å². The molecule has 3 aromatic carbocycles. The van der Waals surface area contributed by atoms with Gasteiger partial charge in [-0.25, -0.2) is 0 Å². The van der Waals surface area contributed by atoms with Gasteiger partial charge in [-0.15, -0.1) is 0 Å². The normalized spacial score (nSPS) is 10.9. The van der Waals surface area contributed by atoms with E-state index in [2.05, 4.69) is 108 Å². The molecular weight excluding hydrogens is 492 g/mol. The van der Waals surface area contributed by atoms with E-state index in [1.54, 1.807) is 0 Å². The largest absolute Gasteiger partial charge is 0.344 e. The summed E-state index contributed by atoms with van der Waals surface area (Å²) in [7, 11) is 0. The quantitative estimate of drug-likeness (QED) is 0.110. The number of rotatable bonds is 19. The van der Waals surface area contributed by atoms with E-state index in [0.717, 1.165) is 29.6 Å². The second kappa shape index (κ2) is 19.4. The van der Waals surface area contributed by atoms with Gasteiger partial charge >= 0.3 is 0 Å². The van der Waals surface area contributed by atoms with Crippen LogP contribution in [0.15, 0.2) is 91.0 Å². The summed E-state index contributed by atoms with van der Waals surface area (Å²) in [5.74, 6) is 0. The van der Waals surface area contributed by atoms with Gasteiger partial charge in [0.25, 0.3) is 0 Å². The number of unbranched alkanes of at least 4 members (excludes halogenated alkanes) is 13. The molecule has 3 rings (SSSR count). The summed E-state index contributed by atoms with van der Waals surface area (Å²) in [6.45, 7) is 4.09. The molecule has 0 N–H and O–H groups in total. The number of thiocarbonyl (C=S) groups is 1. The second-order valence-corrected chi connectivity index (χ2v) is 11.2. The van der Waals surface area contributed by atoms with E-state index < -0.39 is 0 Å². The summed E-state index contributed by atoms with van der Waals surface area (Å²) in [4.78, 5) is 4.62. The minimum Gasteiger partial charge on any atom is -0.344 e. The Hall–Kier alpha value is -2.65. The van der Waals surface area contributed by atoms with E-state index in [4.69, 9.17) is 12.2 Å². The van der Waals surface area contributed by atoms with Crippen molar-refractivity contribution in [3.05, 3.63) is 96.6 Å². The average Bonchev–Trinajstić information content (AvgIpc) is 2.98. The van der Waals surface area contributed by atoms with Crippen LogP contribution in [0.3, 0.4) is 0 Å². The fourth-order valence-electron chi connectivity index (χ4n) is 5.21. The van der Waals surface area contributed by atoms with Crippen LogP contribution in [-0.2, 0) is 6.54 Å². The Morgan fingerprint density at radius 2 is 0.897 bits per heavy atom. The number of para-hydroxylation sites is 2. The summed E-state index contributed by atoms with van der Waals surface area (Å²) in [5.41, 5.74) is 3.51. The zero-order valence-corrected chi connectivity index (χ0v) is 25.1. The molecule has 0 aliphatic rings. The number of benzene rings is 3. The summed E-state index contributed by atoms with van der Waals surface area (Å²) in [6, 6.07) is 31.8. The van der Waals surface area contributed by atoms with E-state index in [1.807, 2.05) is 0 Å². The van der Waals surface area contributed by atoms with Gasteiger partial charge in [0.2, 0.25) is 0 Å². The molecule has 0 atom stereocenters. The van der Waals surface area contributed by atoms with E-state index in [1.165, 1.54) is 95.5 Å². The van der Waals surface area contributed by atoms with E-state index >= 15 is 0 Å². The predicted molar refractivity (Wildman–Crippen MR) is 175 cm³/mol. The molecule has 3 heteroatoms. The molecule has 0 unspecified atom stereocenters. The molecule has 0 bridgehead atoms. The van der Waals surface area contributed by atoms with Crippen molar-refractivity contribution in [1.29, 1.82) is 0 Å². The van der Waals surface area contributed by atoms with Crippen molar-refractivity contribution in [2.45, 2.75) is 103 Å². The van der Waals surface area contributed by atoms with E-state index in [9.17, 15) is 0 Å². The number of hydrogen-bond donors (Lipinski definition) is 0. The summed E-state index contributed by atoms with van der Waals surface area (Å²) in [6.07, 6.45) is 19.3. The molecule has 0 heterocycles. The highest BCUT2D eigenvalue weighted by molar-refractivity contribution is 7.80. The first-order valence-electron chi connectivity index (χ1n) is 15.5. The molecule has 2 nitrogen and oxygen atoms in total. The lowest BCUT2D eigenvalue weighted by Gasteiger charge is -2.34. The summed E-state index contributed by atoms with van der Waals surface area (Å²) >= 11 is 6.21. The van der Waals surface area contributed by atoms with E-state index in [-0.39, 0.29) is 0 Å². The molecule has 3 aromatic rings. The molecule has 0 fully saturated rings. The van der Waals surface area contributed by atoms with Crippen LogP contribution in [-0.4, -0.2) is 16.6 Å². The van der Waals surface area contributed by atoms with Crippen molar-refractivity contribution in [3.8, 4) is 0 Å². The van der Waals surface area contributed by atoms with E-state index in [0.29, 0.717) is 0 Å². The van der Waals surface area contributed by atoms with Crippen LogP contribution in [0.2, 0.25) is 0 Å². The maximum absolute atomic E-state index is 6.21. The predicted octanol–water partition coefficient (Wildman–Crippen LogP) is 11.1. The van der Waals surface area contributed by atoms with Gasteiger partial charge in [-0.1, -0.05) is 157 Å². The van der Waals surface area contributed by atoms with Gasteiger partial charge in [-0.3, -0.25) is 4.90 Å². The zero-order chi connectivity index (χ0) is 27.4.